The van der Waals surface area contributed by atoms with E-state index < -0.39 is 4.92 Å². The summed E-state index contributed by atoms with van der Waals surface area (Å²) < 4.78 is 0. The Bertz CT molecular complexity index is 759. The highest BCUT2D eigenvalue weighted by atomic mass is 16.6. The molecule has 0 aliphatic heterocycles. The number of likely N-dealkylation sites (N-methyl/N-ethyl adjacent to an activating group) is 1. The van der Waals surface area contributed by atoms with Crippen LogP contribution in [0.4, 0.5) is 17.5 Å². The molecule has 1 heterocycles. The summed E-state index contributed by atoms with van der Waals surface area (Å²) >= 11 is 0. The monoisotopic (exact) mass is 356 g/mol. The van der Waals surface area contributed by atoms with Crippen LogP contribution < -0.4 is 10.6 Å². The fourth-order valence-electron chi connectivity index (χ4n) is 2.54. The number of nitro benzene ring substituents is 1. The molecule has 8 heteroatoms. The molecule has 0 radical (unpaired) electrons. The number of hydrogen-bond acceptors (Lipinski definition) is 7. The first-order valence-electron chi connectivity index (χ1n) is 8.76. The maximum atomic E-state index is 10.7. The topological polar surface area (TPSA) is 96.2 Å². The molecule has 0 unspecified atom stereocenters. The number of nitrogens with one attached hydrogen (secondary N) is 2. The van der Waals surface area contributed by atoms with E-state index in [1.54, 1.807) is 12.1 Å². The minimum Gasteiger partial charge on any atom is -0.366 e. The molecule has 0 saturated heterocycles. The average molecular weight is 356 g/mol. The van der Waals surface area contributed by atoms with E-state index >= 15 is 0 Å². The van der Waals surface area contributed by atoms with Gasteiger partial charge in [0, 0.05) is 43.8 Å². The van der Waals surface area contributed by atoms with Gasteiger partial charge in [0.25, 0.3) is 5.69 Å². The minimum atomic E-state index is -0.394. The Morgan fingerprint density at radius 2 is 1.92 bits per heavy atom. The summed E-state index contributed by atoms with van der Waals surface area (Å²) in [5, 5.41) is 17.3. The number of aromatic nitrogens is 2. The van der Waals surface area contributed by atoms with E-state index in [0.29, 0.717) is 18.4 Å². The van der Waals surface area contributed by atoms with Crippen molar-refractivity contribution in [3.63, 3.8) is 0 Å². The van der Waals surface area contributed by atoms with Crippen molar-refractivity contribution < 1.29 is 4.92 Å². The second-order valence-corrected chi connectivity index (χ2v) is 6.78. The van der Waals surface area contributed by atoms with Gasteiger partial charge in [-0.05, 0) is 32.5 Å². The summed E-state index contributed by atoms with van der Waals surface area (Å²) in [5.41, 5.74) is 2.13. The van der Waals surface area contributed by atoms with Crippen LogP contribution in [0.25, 0.3) is 0 Å². The summed E-state index contributed by atoms with van der Waals surface area (Å²) in [6.07, 6.45) is 2.35. The van der Waals surface area contributed by atoms with Gasteiger partial charge in [-0.15, -0.1) is 0 Å². The number of benzene rings is 1. The summed E-state index contributed by atoms with van der Waals surface area (Å²) in [5.74, 6) is 1.95. The lowest BCUT2D eigenvalue weighted by Gasteiger charge is -2.13. The zero-order valence-electron chi connectivity index (χ0n) is 15.1. The lowest BCUT2D eigenvalue weighted by Crippen LogP contribution is -2.21. The van der Waals surface area contributed by atoms with E-state index in [1.807, 2.05) is 20.2 Å². The van der Waals surface area contributed by atoms with Gasteiger partial charge in [-0.1, -0.05) is 12.1 Å². The van der Waals surface area contributed by atoms with Crippen LogP contribution >= 0.6 is 0 Å². The van der Waals surface area contributed by atoms with Gasteiger partial charge in [-0.25, -0.2) is 4.98 Å². The first kappa shape index (κ1) is 18.1. The molecule has 1 aromatic carbocycles. The van der Waals surface area contributed by atoms with E-state index in [0.717, 1.165) is 30.2 Å². The van der Waals surface area contributed by atoms with Crippen LogP contribution in [0.1, 0.15) is 30.0 Å². The second kappa shape index (κ2) is 8.09. The molecular weight excluding hydrogens is 332 g/mol. The van der Waals surface area contributed by atoms with Gasteiger partial charge in [-0.2, -0.15) is 4.98 Å². The molecule has 0 amide bonds. The van der Waals surface area contributed by atoms with Crippen LogP contribution in [-0.2, 0) is 6.54 Å². The Kier molecular flexibility index (Phi) is 5.62. The number of nitro groups is 1. The molecule has 138 valence electrons. The van der Waals surface area contributed by atoms with Gasteiger partial charge in [0.1, 0.15) is 5.82 Å². The Hall–Kier alpha value is -2.74. The normalized spacial score (nSPS) is 13.7. The highest BCUT2D eigenvalue weighted by Gasteiger charge is 2.26. The summed E-state index contributed by atoms with van der Waals surface area (Å²) in [6.45, 7) is 2.24. The van der Waals surface area contributed by atoms with Gasteiger partial charge in [-0.3, -0.25) is 10.1 Å². The number of rotatable bonds is 9. The number of nitrogens with zero attached hydrogens (tertiary/aromatic N) is 4. The fourth-order valence-corrected chi connectivity index (χ4v) is 2.54. The predicted octanol–water partition coefficient (Wildman–Crippen LogP) is 2.85. The van der Waals surface area contributed by atoms with Crippen LogP contribution in [0.15, 0.2) is 30.3 Å². The van der Waals surface area contributed by atoms with Crippen LogP contribution in [0.2, 0.25) is 0 Å². The molecule has 1 aliphatic carbocycles. The van der Waals surface area contributed by atoms with E-state index in [4.69, 9.17) is 0 Å². The molecule has 1 aliphatic rings. The van der Waals surface area contributed by atoms with E-state index in [9.17, 15) is 10.1 Å². The number of hydrogen-bond donors (Lipinski definition) is 2. The average Bonchev–Trinajstić information content (AvgIpc) is 3.45. The second-order valence-electron chi connectivity index (χ2n) is 6.78. The molecule has 0 spiro atoms. The summed E-state index contributed by atoms with van der Waals surface area (Å²) in [6, 6.07) is 8.54. The maximum absolute atomic E-state index is 10.7. The molecule has 3 rings (SSSR count). The van der Waals surface area contributed by atoms with Crippen molar-refractivity contribution in [2.75, 3.05) is 37.8 Å². The van der Waals surface area contributed by atoms with Gasteiger partial charge < -0.3 is 15.5 Å². The molecule has 8 nitrogen and oxygen atoms in total. The van der Waals surface area contributed by atoms with Crippen LogP contribution in [0.3, 0.4) is 0 Å². The molecule has 1 fully saturated rings. The van der Waals surface area contributed by atoms with Crippen molar-refractivity contribution in [1.29, 1.82) is 0 Å². The number of non-ortho nitro benzene ring substituents is 1. The Morgan fingerprint density at radius 3 is 2.54 bits per heavy atom. The fraction of sp³-hybridized carbons (Fsp3) is 0.444. The third-order valence-electron chi connectivity index (χ3n) is 4.20. The van der Waals surface area contributed by atoms with Crippen molar-refractivity contribution in [3.05, 3.63) is 51.7 Å². The third kappa shape index (κ3) is 5.13. The van der Waals surface area contributed by atoms with Crippen molar-refractivity contribution in [2.24, 2.45) is 0 Å². The molecule has 2 N–H and O–H groups in total. The molecular formula is C18H24N6O2. The zero-order valence-corrected chi connectivity index (χ0v) is 15.1. The summed E-state index contributed by atoms with van der Waals surface area (Å²) in [7, 11) is 4.06. The zero-order chi connectivity index (χ0) is 18.5. The van der Waals surface area contributed by atoms with Gasteiger partial charge in [0.2, 0.25) is 5.95 Å². The van der Waals surface area contributed by atoms with E-state index in [1.165, 1.54) is 25.0 Å². The third-order valence-corrected chi connectivity index (χ3v) is 4.20. The largest absolute Gasteiger partial charge is 0.366 e. The maximum Gasteiger partial charge on any atom is 0.269 e. The standard InChI is InChI=1S/C18H24N6O2/c1-23(2)10-9-19-18-21-16(14-5-6-14)11-17(22-18)20-12-13-3-7-15(8-4-13)24(25)26/h3-4,7-8,11,14H,5-6,9-10,12H2,1-2H3,(H2,19,20,21,22). The van der Waals surface area contributed by atoms with E-state index in [-0.39, 0.29) is 5.69 Å². The van der Waals surface area contributed by atoms with Gasteiger partial charge in [0.15, 0.2) is 0 Å². The summed E-state index contributed by atoms with van der Waals surface area (Å²) in [4.78, 5) is 21.6. The predicted molar refractivity (Wildman–Crippen MR) is 101 cm³/mol. The first-order valence-corrected chi connectivity index (χ1v) is 8.76. The number of anilines is 2. The SMILES string of the molecule is CN(C)CCNc1nc(NCc2ccc([N+](=O)[O-])cc2)cc(C2CC2)n1. The Labute approximate surface area is 152 Å². The first-order chi connectivity index (χ1) is 12.5. The van der Waals surface area contributed by atoms with Crippen LogP contribution in [0.5, 0.6) is 0 Å². The minimum absolute atomic E-state index is 0.0965. The van der Waals surface area contributed by atoms with Crippen LogP contribution in [-0.4, -0.2) is 47.0 Å². The molecule has 2 aromatic rings. The Morgan fingerprint density at radius 1 is 1.19 bits per heavy atom. The molecule has 0 atom stereocenters. The molecule has 0 bridgehead atoms. The Balaban J connectivity index is 1.65. The van der Waals surface area contributed by atoms with Crippen molar-refractivity contribution in [1.82, 2.24) is 14.9 Å². The highest BCUT2D eigenvalue weighted by molar-refractivity contribution is 5.45. The lowest BCUT2D eigenvalue weighted by atomic mass is 10.2. The molecule has 1 aromatic heterocycles. The van der Waals surface area contributed by atoms with Gasteiger partial charge >= 0.3 is 0 Å². The quantitative estimate of drug-likeness (QED) is 0.527. The van der Waals surface area contributed by atoms with E-state index in [2.05, 4.69) is 25.5 Å². The van der Waals surface area contributed by atoms with Crippen LogP contribution in [0, 0.1) is 10.1 Å². The van der Waals surface area contributed by atoms with Gasteiger partial charge in [0.05, 0.1) is 10.6 Å². The lowest BCUT2D eigenvalue weighted by molar-refractivity contribution is -0.384. The van der Waals surface area contributed by atoms with Crippen molar-refractivity contribution >= 4 is 17.5 Å². The molecule has 26 heavy (non-hydrogen) atoms. The smallest absolute Gasteiger partial charge is 0.269 e. The molecule has 1 saturated carbocycles. The highest BCUT2D eigenvalue weighted by Crippen LogP contribution is 2.39. The van der Waals surface area contributed by atoms with Crippen molar-refractivity contribution in [2.45, 2.75) is 25.3 Å². The van der Waals surface area contributed by atoms with Crippen molar-refractivity contribution in [3.8, 4) is 0 Å².